The summed E-state index contributed by atoms with van der Waals surface area (Å²) in [5.41, 5.74) is 6.83. The standard InChI is InChI=1S/C38H41Si.3ClH.Ti/c1-27(2)31-16-10-19-34(24-31)39(35-20-11-17-32(25-35)28(3)4,36-21-12-18-33(26-36)29(5)6)38-23-13-22-37(38)30-14-8-7-9-15-30;;;;/h7-12,14-22,24-29H,13H2,1-6H3;3*1H;/q-1;;;;. The Morgan fingerprint density at radius 3 is 1.30 bits per heavy atom. The van der Waals surface area contributed by atoms with Gasteiger partial charge in [0.15, 0.2) is 0 Å². The van der Waals surface area contributed by atoms with Crippen molar-refractivity contribution >= 4 is 66.4 Å². The predicted octanol–water partition coefficient (Wildman–Crippen LogP) is 9.55. The molecular formula is C38H44Cl3SiTi-. The summed E-state index contributed by atoms with van der Waals surface area (Å²) in [6.45, 7) is 13.8. The predicted molar refractivity (Wildman–Crippen MR) is 194 cm³/mol. The van der Waals surface area contributed by atoms with Crippen LogP contribution in [0.5, 0.6) is 0 Å². The summed E-state index contributed by atoms with van der Waals surface area (Å²) in [4.78, 5) is 0. The maximum Gasteiger partial charge on any atom is 0.144 e. The van der Waals surface area contributed by atoms with E-state index in [1.165, 1.54) is 48.6 Å². The average molecular weight is 683 g/mol. The van der Waals surface area contributed by atoms with Gasteiger partial charge in [0, 0.05) is 21.7 Å². The zero-order valence-electron chi connectivity index (χ0n) is 26.1. The van der Waals surface area contributed by atoms with E-state index in [1.807, 2.05) is 0 Å². The first-order valence-electron chi connectivity index (χ1n) is 14.5. The molecule has 4 aromatic carbocycles. The molecule has 0 heterocycles. The van der Waals surface area contributed by atoms with Crippen LogP contribution in [0.4, 0.5) is 0 Å². The summed E-state index contributed by atoms with van der Waals surface area (Å²) in [5.74, 6) is 1.39. The molecule has 0 aliphatic heterocycles. The molecule has 0 N–H and O–H groups in total. The van der Waals surface area contributed by atoms with Crippen molar-refractivity contribution in [1.29, 1.82) is 0 Å². The first-order chi connectivity index (χ1) is 18.8. The first-order valence-corrected chi connectivity index (χ1v) is 16.5. The van der Waals surface area contributed by atoms with E-state index in [9.17, 15) is 0 Å². The van der Waals surface area contributed by atoms with Crippen molar-refractivity contribution in [3.8, 4) is 0 Å². The van der Waals surface area contributed by atoms with Gasteiger partial charge in [0.1, 0.15) is 8.07 Å². The second kappa shape index (κ2) is 17.0. The van der Waals surface area contributed by atoms with E-state index in [1.54, 1.807) is 0 Å². The number of hydrogen-bond donors (Lipinski definition) is 0. The third-order valence-corrected chi connectivity index (χ3v) is 13.0. The number of benzene rings is 4. The summed E-state index contributed by atoms with van der Waals surface area (Å²) in [7, 11) is -2.73. The molecule has 43 heavy (non-hydrogen) atoms. The molecule has 0 fully saturated rings. The first kappa shape index (κ1) is 39.2. The fourth-order valence-corrected chi connectivity index (χ4v) is 11.1. The maximum atomic E-state index is 3.97. The number of halogens is 3. The fraction of sp³-hybridized carbons (Fsp3) is 0.263. The molecule has 0 saturated heterocycles. The molecule has 0 amide bonds. The van der Waals surface area contributed by atoms with E-state index in [4.69, 9.17) is 0 Å². The minimum absolute atomic E-state index is 0. The molecule has 0 spiro atoms. The van der Waals surface area contributed by atoms with Gasteiger partial charge in [-0.25, -0.2) is 5.20 Å². The molecule has 0 atom stereocenters. The van der Waals surface area contributed by atoms with Gasteiger partial charge in [-0.1, -0.05) is 145 Å². The van der Waals surface area contributed by atoms with Crippen molar-refractivity contribution in [2.24, 2.45) is 0 Å². The number of allylic oxidation sites excluding steroid dienone is 4. The third kappa shape index (κ3) is 7.88. The summed E-state index contributed by atoms with van der Waals surface area (Å²) < 4.78 is 0. The molecule has 5 rings (SSSR count). The van der Waals surface area contributed by atoms with Crippen LogP contribution in [0.25, 0.3) is 5.57 Å². The van der Waals surface area contributed by atoms with Crippen LogP contribution >= 0.6 is 37.2 Å². The second-order valence-electron chi connectivity index (χ2n) is 11.8. The van der Waals surface area contributed by atoms with Crippen LogP contribution in [0, 0.1) is 6.08 Å². The molecule has 0 unspecified atom stereocenters. The normalized spacial score (nSPS) is 12.5. The summed E-state index contributed by atoms with van der Waals surface area (Å²) in [5, 5.41) is 5.74. The molecule has 0 radical (unpaired) electrons. The van der Waals surface area contributed by atoms with Gasteiger partial charge in [0.2, 0.25) is 0 Å². The van der Waals surface area contributed by atoms with Gasteiger partial charge in [-0.2, -0.15) is 11.6 Å². The smallest absolute Gasteiger partial charge is 0.144 e. The van der Waals surface area contributed by atoms with E-state index in [-0.39, 0.29) is 58.9 Å². The molecule has 4 aromatic rings. The van der Waals surface area contributed by atoms with Crippen molar-refractivity contribution in [3.05, 3.63) is 143 Å². The number of rotatable bonds is 8. The van der Waals surface area contributed by atoms with Crippen LogP contribution < -0.4 is 15.6 Å². The Labute approximate surface area is 294 Å². The third-order valence-electron chi connectivity index (χ3n) is 8.27. The van der Waals surface area contributed by atoms with Crippen molar-refractivity contribution in [3.63, 3.8) is 0 Å². The van der Waals surface area contributed by atoms with E-state index >= 15 is 0 Å². The van der Waals surface area contributed by atoms with Gasteiger partial charge in [-0.3, -0.25) is 6.08 Å². The molecule has 1 aliphatic rings. The van der Waals surface area contributed by atoms with Gasteiger partial charge in [-0.15, -0.1) is 49.2 Å². The molecular weight excluding hydrogens is 639 g/mol. The van der Waals surface area contributed by atoms with Gasteiger partial charge >= 0.3 is 0 Å². The zero-order chi connectivity index (χ0) is 27.6. The minimum Gasteiger partial charge on any atom is -0.272 e. The molecule has 0 aromatic heterocycles. The zero-order valence-corrected chi connectivity index (χ0v) is 31.1. The van der Waals surface area contributed by atoms with E-state index in [0.29, 0.717) is 17.8 Å². The second-order valence-corrected chi connectivity index (χ2v) is 15.6. The Morgan fingerprint density at radius 1 is 0.535 bits per heavy atom. The van der Waals surface area contributed by atoms with Crippen molar-refractivity contribution in [2.75, 3.05) is 0 Å². The van der Waals surface area contributed by atoms with Crippen LogP contribution in [-0.2, 0) is 21.7 Å². The summed E-state index contributed by atoms with van der Waals surface area (Å²) in [6.07, 6.45) is 7.23. The molecule has 0 nitrogen and oxygen atoms in total. The van der Waals surface area contributed by atoms with Gasteiger partial charge in [-0.05, 0) is 50.0 Å². The van der Waals surface area contributed by atoms with E-state index in [0.717, 1.165) is 6.42 Å². The molecule has 0 saturated carbocycles. The topological polar surface area (TPSA) is 0 Å². The largest absolute Gasteiger partial charge is 0.272 e. The molecule has 1 aliphatic carbocycles. The Bertz CT molecular complexity index is 1400. The van der Waals surface area contributed by atoms with Crippen molar-refractivity contribution in [1.82, 2.24) is 0 Å². The molecule has 0 bridgehead atoms. The summed E-state index contributed by atoms with van der Waals surface area (Å²) in [6, 6.07) is 39.4. The Kier molecular flexibility index (Phi) is 15.5. The van der Waals surface area contributed by atoms with Crippen LogP contribution in [0.3, 0.4) is 0 Å². The van der Waals surface area contributed by atoms with E-state index in [2.05, 4.69) is 157 Å². The SMILES string of the molecule is CC(C)c1cccc([Si](C2=[C-]CC=C2c2ccccc2)(c2cccc(C(C)C)c2)c2cccc(C(C)C)c2)c1.Cl.Cl.Cl.[Ti]. The van der Waals surface area contributed by atoms with Crippen LogP contribution in [0.15, 0.2) is 114 Å². The Balaban J connectivity index is 0.00000231. The Morgan fingerprint density at radius 2 is 0.930 bits per heavy atom. The van der Waals surface area contributed by atoms with Crippen LogP contribution in [0.1, 0.15) is 88.0 Å². The van der Waals surface area contributed by atoms with Gasteiger partial charge in [0.05, 0.1) is 0 Å². The monoisotopic (exact) mass is 681 g/mol. The quantitative estimate of drug-likeness (QED) is 0.0987. The van der Waals surface area contributed by atoms with Crippen LogP contribution in [0.2, 0.25) is 0 Å². The maximum absolute atomic E-state index is 3.97. The minimum atomic E-state index is -2.73. The average Bonchev–Trinajstić information content (AvgIpc) is 3.45. The van der Waals surface area contributed by atoms with Gasteiger partial charge < -0.3 is 0 Å². The molecule has 226 valence electrons. The molecule has 5 heteroatoms. The summed E-state index contributed by atoms with van der Waals surface area (Å²) >= 11 is 0. The van der Waals surface area contributed by atoms with Crippen LogP contribution in [-0.4, -0.2) is 8.07 Å². The Hall–Kier alpha value is -1.84. The number of hydrogen-bond acceptors (Lipinski definition) is 0. The van der Waals surface area contributed by atoms with Crippen molar-refractivity contribution < 1.29 is 21.7 Å². The van der Waals surface area contributed by atoms with Crippen molar-refractivity contribution in [2.45, 2.75) is 65.7 Å². The van der Waals surface area contributed by atoms with E-state index < -0.39 is 8.07 Å². The van der Waals surface area contributed by atoms with Gasteiger partial charge in [0.25, 0.3) is 0 Å². The fourth-order valence-electron chi connectivity index (χ4n) is 5.99.